The molecule has 0 saturated heterocycles. The molecule has 0 spiro atoms. The van der Waals surface area contributed by atoms with Crippen LogP contribution < -0.4 is 11.1 Å². The first-order chi connectivity index (χ1) is 14.4. The van der Waals surface area contributed by atoms with Gasteiger partial charge in [0, 0.05) is 36.6 Å². The smallest absolute Gasteiger partial charge is 0.235 e. The number of nitrogens with one attached hydrogen (secondary N) is 2. The Labute approximate surface area is 175 Å². The molecule has 0 saturated carbocycles. The van der Waals surface area contributed by atoms with Gasteiger partial charge in [0.25, 0.3) is 0 Å². The van der Waals surface area contributed by atoms with Gasteiger partial charge in [-0.1, -0.05) is 30.3 Å². The molecule has 1 aliphatic heterocycles. The average molecular weight is 407 g/mol. The van der Waals surface area contributed by atoms with Gasteiger partial charge in [-0.3, -0.25) is 0 Å². The molecule has 0 aliphatic carbocycles. The maximum Gasteiger partial charge on any atom is 0.235 e. The largest absolute Gasteiger partial charge is 0.386 e. The summed E-state index contributed by atoms with van der Waals surface area (Å²) < 4.78 is 13.1. The summed E-state index contributed by atoms with van der Waals surface area (Å²) in [7, 11) is 1.85. The minimum Gasteiger partial charge on any atom is -0.386 e. The molecule has 0 amide bonds. The molecule has 2 aromatic carbocycles. The van der Waals surface area contributed by atoms with Crippen LogP contribution in [0.1, 0.15) is 23.0 Å². The number of H-pyrrole nitrogens is 1. The summed E-state index contributed by atoms with van der Waals surface area (Å²) in [5.74, 6) is 0.257. The van der Waals surface area contributed by atoms with Gasteiger partial charge in [-0.05, 0) is 42.8 Å². The van der Waals surface area contributed by atoms with E-state index in [1.807, 2.05) is 7.05 Å². The third-order valence-corrected chi connectivity index (χ3v) is 5.15. The Morgan fingerprint density at radius 3 is 2.80 bits per heavy atom. The Bertz CT molecular complexity index is 1090. The van der Waals surface area contributed by atoms with Crippen LogP contribution >= 0.6 is 0 Å². The van der Waals surface area contributed by atoms with Crippen LogP contribution in [0, 0.1) is 12.7 Å². The summed E-state index contributed by atoms with van der Waals surface area (Å²) in [4.78, 5) is 14.1. The van der Waals surface area contributed by atoms with Crippen LogP contribution in [0.25, 0.3) is 10.9 Å². The molecular weight excluding hydrogens is 381 g/mol. The highest BCUT2D eigenvalue weighted by Crippen LogP contribution is 2.29. The summed E-state index contributed by atoms with van der Waals surface area (Å²) in [5.41, 5.74) is 10.9. The third-order valence-electron chi connectivity index (χ3n) is 5.15. The molecule has 1 aromatic heterocycles. The van der Waals surface area contributed by atoms with Gasteiger partial charge in [-0.2, -0.15) is 0 Å². The molecule has 2 heterocycles. The Kier molecular flexibility index (Phi) is 5.57. The molecule has 1 aliphatic rings. The van der Waals surface area contributed by atoms with Crippen molar-refractivity contribution >= 4 is 16.8 Å². The van der Waals surface area contributed by atoms with Crippen LogP contribution in [0.4, 0.5) is 4.39 Å². The van der Waals surface area contributed by atoms with E-state index in [1.165, 1.54) is 17.7 Å². The number of aromatic nitrogens is 1. The van der Waals surface area contributed by atoms with Crippen molar-refractivity contribution in [2.24, 2.45) is 10.7 Å². The van der Waals surface area contributed by atoms with Crippen molar-refractivity contribution in [3.8, 4) is 0 Å². The summed E-state index contributed by atoms with van der Waals surface area (Å²) >= 11 is 0. The second kappa shape index (κ2) is 8.30. The summed E-state index contributed by atoms with van der Waals surface area (Å²) in [6, 6.07) is 14.4. The first-order valence-corrected chi connectivity index (χ1v) is 9.89. The molecule has 0 radical (unpaired) electrons. The van der Waals surface area contributed by atoms with E-state index in [0.29, 0.717) is 18.9 Å². The number of hydroxylamine groups is 2. The first-order valence-electron chi connectivity index (χ1n) is 9.89. The normalized spacial score (nSPS) is 17.6. The molecule has 156 valence electrons. The molecule has 1 unspecified atom stereocenters. The lowest BCUT2D eigenvalue weighted by Gasteiger charge is -2.20. The maximum absolute atomic E-state index is 13.1. The molecule has 2 atom stereocenters. The fraction of sp³-hybridized carbons (Fsp3) is 0.261. The predicted octanol–water partition coefficient (Wildman–Crippen LogP) is 3.56. The highest BCUT2D eigenvalue weighted by atomic mass is 19.1. The van der Waals surface area contributed by atoms with E-state index in [0.717, 1.165) is 27.9 Å². The zero-order chi connectivity index (χ0) is 21.3. The van der Waals surface area contributed by atoms with Gasteiger partial charge in [-0.25, -0.2) is 9.38 Å². The number of aryl methyl sites for hydroxylation is 1. The quantitative estimate of drug-likeness (QED) is 0.560. The van der Waals surface area contributed by atoms with Gasteiger partial charge in [0.2, 0.25) is 5.90 Å². The highest BCUT2D eigenvalue weighted by Gasteiger charge is 2.32. The minimum atomic E-state index is -0.308. The number of hydrogen-bond acceptors (Lipinski definition) is 5. The lowest BCUT2D eigenvalue weighted by Crippen LogP contribution is -2.43. The van der Waals surface area contributed by atoms with E-state index in [4.69, 9.17) is 15.6 Å². The molecule has 4 N–H and O–H groups in total. The van der Waals surface area contributed by atoms with E-state index in [2.05, 4.69) is 48.1 Å². The lowest BCUT2D eigenvalue weighted by molar-refractivity contribution is -0.0618. The number of fused-ring (bicyclic) bond motifs is 1. The fourth-order valence-electron chi connectivity index (χ4n) is 3.62. The van der Waals surface area contributed by atoms with Crippen molar-refractivity contribution in [1.29, 1.82) is 0 Å². The van der Waals surface area contributed by atoms with Crippen LogP contribution in [0.3, 0.4) is 0 Å². The van der Waals surface area contributed by atoms with Gasteiger partial charge in [0.1, 0.15) is 11.9 Å². The van der Waals surface area contributed by atoms with Crippen molar-refractivity contribution in [3.05, 3.63) is 83.4 Å². The lowest BCUT2D eigenvalue weighted by atomic mass is 10.1. The number of halogens is 1. The highest BCUT2D eigenvalue weighted by molar-refractivity contribution is 5.84. The Morgan fingerprint density at radius 2 is 2.07 bits per heavy atom. The Balaban J connectivity index is 1.48. The van der Waals surface area contributed by atoms with Gasteiger partial charge in [0.15, 0.2) is 6.17 Å². The maximum atomic E-state index is 13.1. The Hall–Kier alpha value is -3.16. The molecule has 4 rings (SSSR count). The summed E-state index contributed by atoms with van der Waals surface area (Å²) in [6.07, 6.45) is 0.277. The van der Waals surface area contributed by atoms with Crippen LogP contribution in [-0.4, -0.2) is 35.6 Å². The topological polar surface area (TPSA) is 78.7 Å². The monoisotopic (exact) mass is 407 g/mol. The summed E-state index contributed by atoms with van der Waals surface area (Å²) in [6.45, 7) is 6.45. The number of aromatic amines is 1. The van der Waals surface area contributed by atoms with Crippen molar-refractivity contribution in [2.75, 3.05) is 13.6 Å². The van der Waals surface area contributed by atoms with Crippen LogP contribution in [0.5, 0.6) is 0 Å². The van der Waals surface area contributed by atoms with Gasteiger partial charge in [0.05, 0.1) is 5.69 Å². The number of hydrogen-bond donors (Lipinski definition) is 3. The van der Waals surface area contributed by atoms with Crippen molar-refractivity contribution in [2.45, 2.75) is 25.6 Å². The second-order valence-electron chi connectivity index (χ2n) is 7.63. The van der Waals surface area contributed by atoms with Crippen molar-refractivity contribution < 1.29 is 9.23 Å². The average Bonchev–Trinajstić information content (AvgIpc) is 3.30. The number of allylic oxidation sites excluding steroid dienone is 1. The molecule has 3 aromatic rings. The molecule has 7 heteroatoms. The zero-order valence-corrected chi connectivity index (χ0v) is 17.2. The number of nitrogens with two attached hydrogens (primary N) is 1. The number of nitrogens with zero attached hydrogens (tertiary/aromatic N) is 2. The summed E-state index contributed by atoms with van der Waals surface area (Å²) in [5, 5.41) is 6.14. The van der Waals surface area contributed by atoms with Gasteiger partial charge in [-0.15, -0.1) is 5.06 Å². The van der Waals surface area contributed by atoms with Crippen molar-refractivity contribution in [1.82, 2.24) is 15.4 Å². The number of rotatable bonds is 7. The molecule has 6 nitrogen and oxygen atoms in total. The number of aliphatic imine (C=N–C) groups is 1. The molecular formula is C23H26FN5O. The van der Waals surface area contributed by atoms with Crippen molar-refractivity contribution in [3.63, 3.8) is 0 Å². The third kappa shape index (κ3) is 4.22. The first kappa shape index (κ1) is 20.1. The second-order valence-corrected chi connectivity index (χ2v) is 7.63. The SMILES string of the molecule is C=C(Cc1ccc(F)cc1)N[C@@H](CN)C1=NC(c2cc3cc(C)ccc3[nH]2)N(C)O1. The van der Waals surface area contributed by atoms with E-state index >= 15 is 0 Å². The van der Waals surface area contributed by atoms with Crippen LogP contribution in [0.2, 0.25) is 0 Å². The number of benzene rings is 2. The molecule has 30 heavy (non-hydrogen) atoms. The van der Waals surface area contributed by atoms with E-state index in [1.54, 1.807) is 17.2 Å². The molecule has 0 fully saturated rings. The molecule has 0 bridgehead atoms. The van der Waals surface area contributed by atoms with Gasteiger partial charge < -0.3 is 20.9 Å². The standard InChI is InChI=1S/C23H26FN5O/c1-14-4-9-19-17(10-14)12-20(27-19)22-28-23(30-29(22)3)21(13-25)26-15(2)11-16-5-7-18(24)8-6-16/h4-10,12,21-22,26-27H,2,11,13,25H2,1,3H3/t21-,22?/m0/s1. The van der Waals surface area contributed by atoms with Gasteiger partial charge >= 0.3 is 0 Å². The Morgan fingerprint density at radius 1 is 1.30 bits per heavy atom. The zero-order valence-electron chi connectivity index (χ0n) is 17.2. The van der Waals surface area contributed by atoms with E-state index in [9.17, 15) is 4.39 Å². The van der Waals surface area contributed by atoms with Crippen LogP contribution in [-0.2, 0) is 11.3 Å². The minimum absolute atomic E-state index is 0.257. The van der Waals surface area contributed by atoms with E-state index in [-0.39, 0.29) is 18.0 Å². The fourth-order valence-corrected chi connectivity index (χ4v) is 3.62. The predicted molar refractivity (Wildman–Crippen MR) is 117 cm³/mol. The van der Waals surface area contributed by atoms with E-state index < -0.39 is 0 Å². The van der Waals surface area contributed by atoms with Crippen LogP contribution in [0.15, 0.2) is 65.8 Å².